The standard InChI is InChI=1S/C34H45NO6/c1-7-16-35(17-8-2)18-9-19-40-34-32(37)31-29(36)22-28(39-21-15-25(5)6)23-30(31)41-33(34)26-10-12-27(13-11-26)38-20-14-24(3)4/h10-15,22-23,36H,7-9,16-21H2,1-6H3. The van der Waals surface area contributed by atoms with Crippen molar-refractivity contribution in [1.82, 2.24) is 4.90 Å². The fourth-order valence-electron chi connectivity index (χ4n) is 4.40. The van der Waals surface area contributed by atoms with Crippen LogP contribution in [0.5, 0.6) is 23.0 Å². The monoisotopic (exact) mass is 563 g/mol. The van der Waals surface area contributed by atoms with E-state index in [2.05, 4.69) is 18.7 Å². The first-order valence-corrected chi connectivity index (χ1v) is 14.5. The average Bonchev–Trinajstić information content (AvgIpc) is 2.92. The molecule has 0 spiro atoms. The number of fused-ring (bicyclic) bond motifs is 1. The Morgan fingerprint density at radius 1 is 0.854 bits per heavy atom. The summed E-state index contributed by atoms with van der Waals surface area (Å²) in [4.78, 5) is 16.1. The van der Waals surface area contributed by atoms with E-state index in [0.717, 1.165) is 44.5 Å². The minimum absolute atomic E-state index is 0.0681. The third-order valence-electron chi connectivity index (χ3n) is 6.45. The van der Waals surface area contributed by atoms with Crippen LogP contribution in [0.25, 0.3) is 22.3 Å². The molecule has 0 saturated carbocycles. The number of aromatic hydroxyl groups is 1. The number of phenolic OH excluding ortho intramolecular Hbond substituents is 1. The first-order chi connectivity index (χ1) is 19.7. The molecule has 0 aliphatic rings. The van der Waals surface area contributed by atoms with E-state index in [1.54, 1.807) is 6.07 Å². The van der Waals surface area contributed by atoms with Gasteiger partial charge in [0, 0.05) is 24.2 Å². The number of benzene rings is 2. The van der Waals surface area contributed by atoms with Crippen molar-refractivity contribution in [2.75, 3.05) is 39.5 Å². The first-order valence-electron chi connectivity index (χ1n) is 14.5. The highest BCUT2D eigenvalue weighted by Crippen LogP contribution is 2.36. The summed E-state index contributed by atoms with van der Waals surface area (Å²) in [7, 11) is 0. The Labute approximate surface area is 244 Å². The third kappa shape index (κ3) is 9.42. The van der Waals surface area contributed by atoms with Crippen LogP contribution in [0.3, 0.4) is 0 Å². The van der Waals surface area contributed by atoms with E-state index in [0.29, 0.717) is 42.6 Å². The van der Waals surface area contributed by atoms with Gasteiger partial charge in [-0.1, -0.05) is 25.0 Å². The van der Waals surface area contributed by atoms with Crippen LogP contribution < -0.4 is 19.6 Å². The smallest absolute Gasteiger partial charge is 0.239 e. The molecule has 3 rings (SSSR count). The minimum atomic E-state index is -0.419. The maximum atomic E-state index is 13.7. The van der Waals surface area contributed by atoms with Gasteiger partial charge in [0.25, 0.3) is 0 Å². The average molecular weight is 564 g/mol. The molecule has 2 aromatic carbocycles. The molecule has 1 N–H and O–H groups in total. The number of rotatable bonds is 16. The topological polar surface area (TPSA) is 81.4 Å². The van der Waals surface area contributed by atoms with Gasteiger partial charge in [0.1, 0.15) is 41.4 Å². The van der Waals surface area contributed by atoms with Crippen molar-refractivity contribution in [2.45, 2.75) is 60.8 Å². The molecule has 0 saturated heterocycles. The zero-order valence-electron chi connectivity index (χ0n) is 25.4. The van der Waals surface area contributed by atoms with Crippen LogP contribution in [-0.2, 0) is 0 Å². The molecule has 0 aliphatic carbocycles. The van der Waals surface area contributed by atoms with Gasteiger partial charge in [-0.25, -0.2) is 0 Å². The van der Waals surface area contributed by atoms with Gasteiger partial charge in [0.05, 0.1) is 6.61 Å². The maximum absolute atomic E-state index is 13.7. The van der Waals surface area contributed by atoms with E-state index in [4.69, 9.17) is 18.6 Å². The van der Waals surface area contributed by atoms with Crippen LogP contribution in [-0.4, -0.2) is 49.5 Å². The lowest BCUT2D eigenvalue weighted by molar-refractivity contribution is 0.232. The van der Waals surface area contributed by atoms with Crippen molar-refractivity contribution in [2.24, 2.45) is 0 Å². The Balaban J connectivity index is 1.96. The zero-order chi connectivity index (χ0) is 29.8. The van der Waals surface area contributed by atoms with Gasteiger partial charge in [-0.3, -0.25) is 4.79 Å². The number of hydrogen-bond donors (Lipinski definition) is 1. The number of nitrogens with zero attached hydrogens (tertiary/aromatic N) is 1. The summed E-state index contributed by atoms with van der Waals surface area (Å²) < 4.78 is 24.0. The lowest BCUT2D eigenvalue weighted by Crippen LogP contribution is -2.27. The van der Waals surface area contributed by atoms with E-state index in [1.165, 1.54) is 11.6 Å². The van der Waals surface area contributed by atoms with Gasteiger partial charge < -0.3 is 28.6 Å². The Morgan fingerprint density at radius 3 is 2.05 bits per heavy atom. The largest absolute Gasteiger partial charge is 0.507 e. The van der Waals surface area contributed by atoms with Crippen molar-refractivity contribution in [3.05, 3.63) is 69.9 Å². The molecule has 0 amide bonds. The zero-order valence-corrected chi connectivity index (χ0v) is 25.4. The number of ether oxygens (including phenoxy) is 3. The number of hydrogen-bond acceptors (Lipinski definition) is 7. The highest BCUT2D eigenvalue weighted by atomic mass is 16.5. The molecule has 7 nitrogen and oxygen atoms in total. The molecule has 0 fully saturated rings. The molecule has 222 valence electrons. The molecule has 0 bridgehead atoms. The lowest BCUT2D eigenvalue weighted by atomic mass is 10.1. The van der Waals surface area contributed by atoms with Crippen molar-refractivity contribution in [3.8, 4) is 34.3 Å². The molecule has 0 radical (unpaired) electrons. The van der Waals surface area contributed by atoms with Gasteiger partial charge in [-0.15, -0.1) is 0 Å². The Kier molecular flexibility index (Phi) is 12.3. The van der Waals surface area contributed by atoms with E-state index in [1.807, 2.05) is 64.1 Å². The molecular weight excluding hydrogens is 518 g/mol. The predicted octanol–water partition coefficient (Wildman–Crippen LogP) is 7.75. The summed E-state index contributed by atoms with van der Waals surface area (Å²) >= 11 is 0. The Morgan fingerprint density at radius 2 is 1.46 bits per heavy atom. The highest BCUT2D eigenvalue weighted by molar-refractivity contribution is 5.88. The lowest BCUT2D eigenvalue weighted by Gasteiger charge is -2.21. The second-order valence-electron chi connectivity index (χ2n) is 10.7. The Bertz CT molecular complexity index is 1370. The molecule has 0 atom stereocenters. The van der Waals surface area contributed by atoms with Gasteiger partial charge in [-0.05, 0) is 96.5 Å². The number of allylic oxidation sites excluding steroid dienone is 2. The summed E-state index contributed by atoms with van der Waals surface area (Å²) in [6.07, 6.45) is 6.88. The molecule has 7 heteroatoms. The van der Waals surface area contributed by atoms with Crippen LogP contribution in [0.1, 0.15) is 60.8 Å². The van der Waals surface area contributed by atoms with Crippen molar-refractivity contribution in [1.29, 1.82) is 0 Å². The normalized spacial score (nSPS) is 11.0. The number of phenols is 1. The van der Waals surface area contributed by atoms with Crippen LogP contribution in [0.15, 0.2) is 68.9 Å². The summed E-state index contributed by atoms with van der Waals surface area (Å²) in [5.41, 5.74) is 2.78. The maximum Gasteiger partial charge on any atom is 0.239 e. The van der Waals surface area contributed by atoms with Crippen LogP contribution in [0.2, 0.25) is 0 Å². The van der Waals surface area contributed by atoms with Crippen LogP contribution in [0, 0.1) is 0 Å². The fourth-order valence-corrected chi connectivity index (χ4v) is 4.40. The molecular formula is C34H45NO6. The van der Waals surface area contributed by atoms with E-state index < -0.39 is 5.43 Å². The van der Waals surface area contributed by atoms with Gasteiger partial charge in [0.2, 0.25) is 11.2 Å². The second kappa shape index (κ2) is 15.9. The molecule has 0 unspecified atom stereocenters. The first kappa shape index (κ1) is 31.8. The molecule has 1 heterocycles. The molecule has 41 heavy (non-hydrogen) atoms. The summed E-state index contributed by atoms with van der Waals surface area (Å²) in [6.45, 7) is 16.5. The predicted molar refractivity (Wildman–Crippen MR) is 167 cm³/mol. The summed E-state index contributed by atoms with van der Waals surface area (Å²) in [5, 5.41) is 10.9. The molecule has 0 aliphatic heterocycles. The fraction of sp³-hybridized carbons (Fsp3) is 0.441. The summed E-state index contributed by atoms with van der Waals surface area (Å²) in [6, 6.07) is 10.4. The quantitative estimate of drug-likeness (QED) is 0.141. The van der Waals surface area contributed by atoms with Gasteiger partial charge in [0.15, 0.2) is 5.76 Å². The Hall–Kier alpha value is -3.71. The van der Waals surface area contributed by atoms with Gasteiger partial charge >= 0.3 is 0 Å². The third-order valence-corrected chi connectivity index (χ3v) is 6.45. The SMILES string of the molecule is CCCN(CCC)CCCOc1c(-c2ccc(OCC=C(C)C)cc2)oc2cc(OCC=C(C)C)cc(O)c2c1=O. The highest BCUT2D eigenvalue weighted by Gasteiger charge is 2.21. The van der Waals surface area contributed by atoms with Crippen LogP contribution in [0.4, 0.5) is 0 Å². The van der Waals surface area contributed by atoms with E-state index in [9.17, 15) is 9.90 Å². The van der Waals surface area contributed by atoms with E-state index in [-0.39, 0.29) is 22.5 Å². The van der Waals surface area contributed by atoms with E-state index >= 15 is 0 Å². The van der Waals surface area contributed by atoms with Crippen molar-refractivity contribution in [3.63, 3.8) is 0 Å². The molecule has 1 aromatic heterocycles. The van der Waals surface area contributed by atoms with Crippen molar-refractivity contribution >= 4 is 11.0 Å². The van der Waals surface area contributed by atoms with Crippen molar-refractivity contribution < 1.29 is 23.7 Å². The summed E-state index contributed by atoms with van der Waals surface area (Å²) in [5.74, 6) is 1.29. The molecule has 3 aromatic rings. The van der Waals surface area contributed by atoms with Gasteiger partial charge in [-0.2, -0.15) is 0 Å². The van der Waals surface area contributed by atoms with Crippen LogP contribution >= 0.6 is 0 Å². The minimum Gasteiger partial charge on any atom is -0.507 e. The second-order valence-corrected chi connectivity index (χ2v) is 10.7.